The Morgan fingerprint density at radius 3 is 3.31 bits per heavy atom. The fourth-order valence-electron chi connectivity index (χ4n) is 1.57. The lowest BCUT2D eigenvalue weighted by molar-refractivity contribution is -0.120. The van der Waals surface area contributed by atoms with Gasteiger partial charge in [0, 0.05) is 12.1 Å². The SMILES string of the molecule is O=C1CSCCC1Cc1cn[nH]c1. The van der Waals surface area contributed by atoms with Crippen LogP contribution in [-0.2, 0) is 11.2 Å². The molecule has 1 N–H and O–H groups in total. The number of aromatic amines is 1. The average molecular weight is 196 g/mol. The van der Waals surface area contributed by atoms with E-state index in [2.05, 4.69) is 10.2 Å². The first-order chi connectivity index (χ1) is 6.36. The van der Waals surface area contributed by atoms with E-state index in [1.807, 2.05) is 6.20 Å². The molecule has 1 aliphatic heterocycles. The second-order valence-electron chi connectivity index (χ2n) is 3.32. The molecule has 13 heavy (non-hydrogen) atoms. The van der Waals surface area contributed by atoms with Crippen LogP contribution in [0.2, 0.25) is 0 Å². The number of carbonyl (C=O) groups is 1. The molecule has 3 nitrogen and oxygen atoms in total. The van der Waals surface area contributed by atoms with Crippen molar-refractivity contribution in [3.05, 3.63) is 18.0 Å². The first-order valence-corrected chi connectivity index (χ1v) is 5.60. The van der Waals surface area contributed by atoms with E-state index in [-0.39, 0.29) is 5.92 Å². The highest BCUT2D eigenvalue weighted by molar-refractivity contribution is 8.00. The van der Waals surface area contributed by atoms with Gasteiger partial charge in [-0.1, -0.05) is 0 Å². The molecule has 0 spiro atoms. The van der Waals surface area contributed by atoms with Crippen LogP contribution in [0.15, 0.2) is 12.4 Å². The molecule has 2 heterocycles. The van der Waals surface area contributed by atoms with E-state index in [4.69, 9.17) is 0 Å². The smallest absolute Gasteiger partial charge is 0.146 e. The first kappa shape index (κ1) is 8.81. The minimum Gasteiger partial charge on any atom is -0.298 e. The molecule has 0 amide bonds. The fraction of sp³-hybridized carbons (Fsp3) is 0.556. The normalized spacial score (nSPS) is 23.4. The molecule has 2 rings (SSSR count). The molecule has 0 aromatic carbocycles. The van der Waals surface area contributed by atoms with Gasteiger partial charge in [-0.25, -0.2) is 0 Å². The van der Waals surface area contributed by atoms with Crippen LogP contribution in [0.25, 0.3) is 0 Å². The zero-order chi connectivity index (χ0) is 9.10. The standard InChI is InChI=1S/C9H12N2OS/c12-9-6-13-2-1-8(9)3-7-4-10-11-5-7/h4-5,8H,1-3,6H2,(H,10,11). The van der Waals surface area contributed by atoms with Gasteiger partial charge in [-0.3, -0.25) is 9.89 Å². The van der Waals surface area contributed by atoms with E-state index >= 15 is 0 Å². The largest absolute Gasteiger partial charge is 0.298 e. The van der Waals surface area contributed by atoms with Crippen LogP contribution in [0.5, 0.6) is 0 Å². The molecular formula is C9H12N2OS. The third kappa shape index (κ3) is 2.12. The number of Topliss-reactive ketones (excluding diaryl/α,β-unsaturated/α-hetero) is 1. The lowest BCUT2D eigenvalue weighted by Gasteiger charge is -2.19. The minimum atomic E-state index is 0.235. The lowest BCUT2D eigenvalue weighted by Crippen LogP contribution is -2.24. The van der Waals surface area contributed by atoms with Crippen molar-refractivity contribution in [2.45, 2.75) is 12.8 Å². The van der Waals surface area contributed by atoms with E-state index in [1.54, 1.807) is 18.0 Å². The third-order valence-corrected chi connectivity index (χ3v) is 3.36. The van der Waals surface area contributed by atoms with Gasteiger partial charge >= 0.3 is 0 Å². The van der Waals surface area contributed by atoms with Gasteiger partial charge < -0.3 is 0 Å². The van der Waals surface area contributed by atoms with Crippen LogP contribution in [0, 0.1) is 5.92 Å². The summed E-state index contributed by atoms with van der Waals surface area (Å²) in [7, 11) is 0. The van der Waals surface area contributed by atoms with E-state index in [0.29, 0.717) is 11.5 Å². The maximum absolute atomic E-state index is 11.5. The average Bonchev–Trinajstić information content (AvgIpc) is 2.61. The van der Waals surface area contributed by atoms with Crippen LogP contribution in [0.3, 0.4) is 0 Å². The quantitative estimate of drug-likeness (QED) is 0.775. The molecule has 1 fully saturated rings. The molecule has 1 atom stereocenters. The number of hydrogen-bond acceptors (Lipinski definition) is 3. The summed E-state index contributed by atoms with van der Waals surface area (Å²) < 4.78 is 0. The maximum Gasteiger partial charge on any atom is 0.146 e. The predicted molar refractivity (Wildman–Crippen MR) is 52.7 cm³/mol. The fourth-order valence-corrected chi connectivity index (χ4v) is 2.60. The van der Waals surface area contributed by atoms with Gasteiger partial charge in [0.1, 0.15) is 5.78 Å². The molecule has 1 aliphatic rings. The molecule has 4 heteroatoms. The van der Waals surface area contributed by atoms with Crippen LogP contribution >= 0.6 is 11.8 Å². The van der Waals surface area contributed by atoms with Gasteiger partial charge in [0.2, 0.25) is 0 Å². The number of H-pyrrole nitrogens is 1. The molecule has 1 aromatic rings. The van der Waals surface area contributed by atoms with Gasteiger partial charge in [-0.05, 0) is 24.2 Å². The second kappa shape index (κ2) is 3.96. The Bertz CT molecular complexity index is 284. The molecule has 0 saturated carbocycles. The summed E-state index contributed by atoms with van der Waals surface area (Å²) in [6.45, 7) is 0. The number of aromatic nitrogens is 2. The zero-order valence-electron chi connectivity index (χ0n) is 7.32. The minimum absolute atomic E-state index is 0.235. The Hall–Kier alpha value is -0.770. The third-order valence-electron chi connectivity index (χ3n) is 2.35. The Labute approximate surface area is 81.3 Å². The Morgan fingerprint density at radius 2 is 2.62 bits per heavy atom. The Morgan fingerprint density at radius 1 is 1.69 bits per heavy atom. The van der Waals surface area contributed by atoms with Crippen molar-refractivity contribution in [1.29, 1.82) is 0 Å². The van der Waals surface area contributed by atoms with Crippen LogP contribution in [0.1, 0.15) is 12.0 Å². The van der Waals surface area contributed by atoms with Gasteiger partial charge in [0.15, 0.2) is 0 Å². The summed E-state index contributed by atoms with van der Waals surface area (Å²) in [5.74, 6) is 2.45. The van der Waals surface area contributed by atoms with Crippen molar-refractivity contribution in [2.75, 3.05) is 11.5 Å². The highest BCUT2D eigenvalue weighted by Gasteiger charge is 2.22. The topological polar surface area (TPSA) is 45.8 Å². The number of carbonyl (C=O) groups excluding carboxylic acids is 1. The summed E-state index contributed by atoms with van der Waals surface area (Å²) in [5, 5.41) is 6.64. The van der Waals surface area contributed by atoms with E-state index in [9.17, 15) is 4.79 Å². The van der Waals surface area contributed by atoms with E-state index in [1.165, 1.54) is 0 Å². The van der Waals surface area contributed by atoms with Crippen molar-refractivity contribution in [3.63, 3.8) is 0 Å². The predicted octanol–water partition coefficient (Wildman–Crippen LogP) is 1.27. The highest BCUT2D eigenvalue weighted by atomic mass is 32.2. The van der Waals surface area contributed by atoms with Gasteiger partial charge in [0.25, 0.3) is 0 Å². The summed E-state index contributed by atoms with van der Waals surface area (Å²) >= 11 is 1.75. The summed E-state index contributed by atoms with van der Waals surface area (Å²) in [6.07, 6.45) is 5.55. The van der Waals surface area contributed by atoms with Crippen LogP contribution in [-0.4, -0.2) is 27.5 Å². The number of rotatable bonds is 2. The molecule has 1 unspecified atom stereocenters. The van der Waals surface area contributed by atoms with Crippen LogP contribution < -0.4 is 0 Å². The maximum atomic E-state index is 11.5. The van der Waals surface area contributed by atoms with Crippen molar-refractivity contribution in [2.24, 2.45) is 5.92 Å². The summed E-state index contributed by atoms with van der Waals surface area (Å²) in [6, 6.07) is 0. The number of ketones is 1. The monoisotopic (exact) mass is 196 g/mol. The van der Waals surface area contributed by atoms with Crippen molar-refractivity contribution in [3.8, 4) is 0 Å². The van der Waals surface area contributed by atoms with Crippen molar-refractivity contribution in [1.82, 2.24) is 10.2 Å². The number of hydrogen-bond donors (Lipinski definition) is 1. The van der Waals surface area contributed by atoms with Gasteiger partial charge in [-0.15, -0.1) is 0 Å². The van der Waals surface area contributed by atoms with Gasteiger partial charge in [-0.2, -0.15) is 16.9 Å². The summed E-state index contributed by atoms with van der Waals surface area (Å²) in [5.41, 5.74) is 1.14. The van der Waals surface area contributed by atoms with Crippen molar-refractivity contribution >= 4 is 17.5 Å². The van der Waals surface area contributed by atoms with Crippen LogP contribution in [0.4, 0.5) is 0 Å². The first-order valence-electron chi connectivity index (χ1n) is 4.44. The number of thioether (sulfide) groups is 1. The van der Waals surface area contributed by atoms with Crippen molar-refractivity contribution < 1.29 is 4.79 Å². The molecule has 0 radical (unpaired) electrons. The number of nitrogens with one attached hydrogen (secondary N) is 1. The highest BCUT2D eigenvalue weighted by Crippen LogP contribution is 2.22. The summed E-state index contributed by atoms with van der Waals surface area (Å²) in [4.78, 5) is 11.5. The van der Waals surface area contributed by atoms with E-state index in [0.717, 1.165) is 24.2 Å². The molecule has 1 aromatic heterocycles. The molecular weight excluding hydrogens is 184 g/mol. The Balaban J connectivity index is 1.97. The number of nitrogens with zero attached hydrogens (tertiary/aromatic N) is 1. The molecule has 1 saturated heterocycles. The van der Waals surface area contributed by atoms with E-state index < -0.39 is 0 Å². The Kier molecular flexibility index (Phi) is 2.68. The lowest BCUT2D eigenvalue weighted by atomic mass is 9.95. The molecule has 0 aliphatic carbocycles. The zero-order valence-corrected chi connectivity index (χ0v) is 8.14. The van der Waals surface area contributed by atoms with Gasteiger partial charge in [0.05, 0.1) is 11.9 Å². The molecule has 70 valence electrons. The molecule has 0 bridgehead atoms. The second-order valence-corrected chi connectivity index (χ2v) is 4.42.